The Labute approximate surface area is 180 Å². The fourth-order valence-electron chi connectivity index (χ4n) is 3.25. The summed E-state index contributed by atoms with van der Waals surface area (Å²) >= 11 is 0. The molecule has 0 spiro atoms. The minimum Gasteiger partial charge on any atom is -0.310 e. The van der Waals surface area contributed by atoms with Crippen molar-refractivity contribution >= 4 is 20.9 Å². The first-order valence-corrected chi connectivity index (χ1v) is 11.6. The van der Waals surface area contributed by atoms with Crippen molar-refractivity contribution in [2.45, 2.75) is 32.0 Å². The Morgan fingerprint density at radius 1 is 1.00 bits per heavy atom. The van der Waals surface area contributed by atoms with Crippen LogP contribution in [0.5, 0.6) is 0 Å². The zero-order chi connectivity index (χ0) is 23.1. The Hall–Kier alpha value is -2.42. The summed E-state index contributed by atoms with van der Waals surface area (Å²) in [5.41, 5.74) is 1.38. The van der Waals surface area contributed by atoms with Gasteiger partial charge >= 0.3 is 6.18 Å². The molecule has 3 aromatic carbocycles. The summed E-state index contributed by atoms with van der Waals surface area (Å²) < 4.78 is 64.2. The van der Waals surface area contributed by atoms with Crippen LogP contribution in [0.2, 0.25) is 0 Å². The van der Waals surface area contributed by atoms with Crippen LogP contribution in [0, 0.1) is 0 Å². The Balaban J connectivity index is 0.000000614. The van der Waals surface area contributed by atoms with Crippen LogP contribution in [0.25, 0.3) is 10.8 Å². The van der Waals surface area contributed by atoms with E-state index < -0.39 is 21.9 Å². The second-order valence-corrected chi connectivity index (χ2v) is 8.74. The molecule has 0 bridgehead atoms. The van der Waals surface area contributed by atoms with Crippen LogP contribution < -0.4 is 5.32 Å². The number of nitrogens with one attached hydrogen (secondary N) is 1. The molecule has 0 heterocycles. The van der Waals surface area contributed by atoms with Crippen molar-refractivity contribution in [1.82, 2.24) is 5.32 Å². The zero-order valence-electron chi connectivity index (χ0n) is 17.4. The maximum absolute atomic E-state index is 12.8. The highest BCUT2D eigenvalue weighted by atomic mass is 32.2. The molecule has 1 atom stereocenters. The normalized spacial score (nSPS) is 12.8. The van der Waals surface area contributed by atoms with Crippen molar-refractivity contribution in [3.8, 4) is 0 Å². The minimum absolute atomic E-state index is 0.183. The quantitative estimate of drug-likeness (QED) is 0.374. The number of benzene rings is 3. The topological polar surface area (TPSA) is 66.4 Å². The summed E-state index contributed by atoms with van der Waals surface area (Å²) in [7, 11) is -3.67. The van der Waals surface area contributed by atoms with E-state index in [1.54, 1.807) is 6.07 Å². The van der Waals surface area contributed by atoms with E-state index in [0.29, 0.717) is 12.7 Å². The molecular formula is C23H26F3NO3S. The number of hydrogen-bond donors (Lipinski definition) is 2. The molecule has 168 valence electrons. The van der Waals surface area contributed by atoms with Crippen LogP contribution in [-0.2, 0) is 22.7 Å². The molecular weight excluding hydrogens is 427 g/mol. The smallest absolute Gasteiger partial charge is 0.310 e. The van der Waals surface area contributed by atoms with Crippen LogP contribution in [0.4, 0.5) is 13.2 Å². The number of alkyl halides is 3. The summed E-state index contributed by atoms with van der Waals surface area (Å²) in [6.07, 6.45) is -2.15. The first kappa shape index (κ1) is 24.8. The third kappa shape index (κ3) is 8.69. The number of fused-ring (bicyclic) bond motifs is 1. The van der Waals surface area contributed by atoms with Gasteiger partial charge in [-0.3, -0.25) is 4.55 Å². The molecule has 0 amide bonds. The van der Waals surface area contributed by atoms with Crippen molar-refractivity contribution in [1.29, 1.82) is 0 Å². The molecule has 0 unspecified atom stereocenters. The van der Waals surface area contributed by atoms with Crippen molar-refractivity contribution < 1.29 is 26.1 Å². The highest BCUT2D eigenvalue weighted by Crippen LogP contribution is 2.29. The van der Waals surface area contributed by atoms with Crippen LogP contribution in [0.3, 0.4) is 0 Å². The number of halogens is 3. The number of rotatable bonds is 6. The summed E-state index contributed by atoms with van der Waals surface area (Å²) in [6.45, 7) is 2.87. The second-order valence-electron chi connectivity index (χ2n) is 7.28. The van der Waals surface area contributed by atoms with Gasteiger partial charge in [0.05, 0.1) is 11.8 Å². The molecule has 0 aromatic heterocycles. The number of aryl methyl sites for hydroxylation is 1. The van der Waals surface area contributed by atoms with E-state index >= 15 is 0 Å². The van der Waals surface area contributed by atoms with Gasteiger partial charge in [0.15, 0.2) is 0 Å². The number of hydrogen-bond acceptors (Lipinski definition) is 3. The molecule has 0 aliphatic carbocycles. The molecule has 0 saturated carbocycles. The van der Waals surface area contributed by atoms with Crippen molar-refractivity contribution in [3.63, 3.8) is 0 Å². The van der Waals surface area contributed by atoms with Gasteiger partial charge in [0, 0.05) is 6.04 Å². The molecule has 31 heavy (non-hydrogen) atoms. The lowest BCUT2D eigenvalue weighted by molar-refractivity contribution is -0.137. The van der Waals surface area contributed by atoms with Gasteiger partial charge in [0.2, 0.25) is 0 Å². The molecule has 0 radical (unpaired) electrons. The van der Waals surface area contributed by atoms with Crippen molar-refractivity contribution in [3.05, 3.63) is 83.4 Å². The average Bonchev–Trinajstić information content (AvgIpc) is 2.69. The van der Waals surface area contributed by atoms with Crippen LogP contribution in [0.1, 0.15) is 36.1 Å². The van der Waals surface area contributed by atoms with Crippen LogP contribution >= 0.6 is 0 Å². The lowest BCUT2D eigenvalue weighted by Crippen LogP contribution is -2.20. The maximum Gasteiger partial charge on any atom is 0.416 e. The second kappa shape index (κ2) is 10.7. The average molecular weight is 454 g/mol. The van der Waals surface area contributed by atoms with E-state index in [2.05, 4.69) is 42.6 Å². The Morgan fingerprint density at radius 2 is 1.61 bits per heavy atom. The van der Waals surface area contributed by atoms with Gasteiger partial charge in [-0.2, -0.15) is 21.6 Å². The molecule has 3 rings (SSSR count). The van der Waals surface area contributed by atoms with E-state index in [-0.39, 0.29) is 6.04 Å². The molecule has 8 heteroatoms. The maximum atomic E-state index is 12.8. The molecule has 0 aliphatic rings. The summed E-state index contributed by atoms with van der Waals surface area (Å²) in [5, 5.41) is 5.92. The van der Waals surface area contributed by atoms with E-state index in [1.807, 2.05) is 12.1 Å². The van der Waals surface area contributed by atoms with Gasteiger partial charge in [0.25, 0.3) is 10.1 Å². The van der Waals surface area contributed by atoms with E-state index in [1.165, 1.54) is 28.5 Å². The highest BCUT2D eigenvalue weighted by molar-refractivity contribution is 7.85. The van der Waals surface area contributed by atoms with Gasteiger partial charge in [-0.25, -0.2) is 0 Å². The first-order chi connectivity index (χ1) is 14.4. The summed E-state index contributed by atoms with van der Waals surface area (Å²) in [4.78, 5) is 0. The lowest BCUT2D eigenvalue weighted by Gasteiger charge is -2.17. The monoisotopic (exact) mass is 453 g/mol. The van der Waals surface area contributed by atoms with Gasteiger partial charge in [-0.05, 0) is 54.3 Å². The van der Waals surface area contributed by atoms with Gasteiger partial charge < -0.3 is 5.32 Å². The molecule has 0 aliphatic heterocycles. The fraction of sp³-hybridized carbons (Fsp3) is 0.304. The third-order valence-corrected chi connectivity index (χ3v) is 4.64. The minimum atomic E-state index is -4.28. The Morgan fingerprint density at radius 3 is 2.29 bits per heavy atom. The van der Waals surface area contributed by atoms with Crippen molar-refractivity contribution in [2.75, 3.05) is 12.8 Å². The Bertz CT molecular complexity index is 1090. The summed E-state index contributed by atoms with van der Waals surface area (Å²) in [5.74, 6) is 0. The standard InChI is InChI=1S/C22H22F3N.CH4O3S/c1-16(20-13-5-10-18-9-2-3-12-21(18)20)26-14-6-8-17-7-4-11-19(15-17)22(23,24)25;1-5(2,3)4/h2-5,7,9-13,15-16,26H,6,8,14H2,1H3;1H3,(H,2,3,4)/t16-;/m1./s1. The first-order valence-electron chi connectivity index (χ1n) is 9.75. The Kier molecular flexibility index (Phi) is 8.61. The van der Waals surface area contributed by atoms with Gasteiger partial charge in [-0.15, -0.1) is 0 Å². The van der Waals surface area contributed by atoms with E-state index in [0.717, 1.165) is 24.6 Å². The van der Waals surface area contributed by atoms with Crippen LogP contribution in [-0.4, -0.2) is 25.8 Å². The van der Waals surface area contributed by atoms with E-state index in [4.69, 9.17) is 4.55 Å². The van der Waals surface area contributed by atoms with Gasteiger partial charge in [-0.1, -0.05) is 60.7 Å². The van der Waals surface area contributed by atoms with E-state index in [9.17, 15) is 21.6 Å². The summed E-state index contributed by atoms with van der Waals surface area (Å²) in [6, 6.07) is 20.3. The fourth-order valence-corrected chi connectivity index (χ4v) is 3.25. The largest absolute Gasteiger partial charge is 0.416 e. The molecule has 0 saturated heterocycles. The zero-order valence-corrected chi connectivity index (χ0v) is 18.2. The van der Waals surface area contributed by atoms with Crippen molar-refractivity contribution in [2.24, 2.45) is 0 Å². The SMILES string of the molecule is CS(=O)(=O)O.C[C@@H](NCCCc1cccc(C(F)(F)F)c1)c1cccc2ccccc12. The predicted octanol–water partition coefficient (Wildman–Crippen LogP) is 5.65. The predicted molar refractivity (Wildman–Crippen MR) is 118 cm³/mol. The third-order valence-electron chi connectivity index (χ3n) is 4.64. The highest BCUT2D eigenvalue weighted by Gasteiger charge is 2.30. The van der Waals surface area contributed by atoms with Crippen LogP contribution in [0.15, 0.2) is 66.7 Å². The van der Waals surface area contributed by atoms with Gasteiger partial charge in [0.1, 0.15) is 0 Å². The molecule has 0 fully saturated rings. The molecule has 3 aromatic rings. The molecule has 2 N–H and O–H groups in total. The lowest BCUT2D eigenvalue weighted by atomic mass is 9.99. The molecule has 4 nitrogen and oxygen atoms in total.